The fourth-order valence-electron chi connectivity index (χ4n) is 5.69. The van der Waals surface area contributed by atoms with Gasteiger partial charge in [0.2, 0.25) is 5.91 Å². The molecule has 0 atom stereocenters. The number of likely N-dealkylation sites (N-methyl/N-ethyl adjacent to an activating group) is 1. The minimum Gasteiger partial charge on any atom is -0.357 e. The number of fused-ring (bicyclic) bond motifs is 1. The van der Waals surface area contributed by atoms with E-state index in [0.29, 0.717) is 24.9 Å². The summed E-state index contributed by atoms with van der Waals surface area (Å²) in [5, 5.41) is 7.35. The number of nitrogens with zero attached hydrogens (tertiary/aromatic N) is 4. The molecule has 0 radical (unpaired) electrons. The highest BCUT2D eigenvalue weighted by molar-refractivity contribution is 6.04. The summed E-state index contributed by atoms with van der Waals surface area (Å²) in [6.45, 7) is 1.44. The first kappa shape index (κ1) is 21.1. The van der Waals surface area contributed by atoms with Crippen LogP contribution in [0.1, 0.15) is 54.4 Å². The van der Waals surface area contributed by atoms with Crippen LogP contribution in [0.4, 0.5) is 0 Å². The van der Waals surface area contributed by atoms with Gasteiger partial charge in [0.25, 0.3) is 5.91 Å². The van der Waals surface area contributed by atoms with Gasteiger partial charge >= 0.3 is 0 Å². The lowest BCUT2D eigenvalue weighted by molar-refractivity contribution is -0.126. The SMILES string of the molecule is CNC(=O)C1(N2Cc3ccc(-c4ncccc4-c4cnn(CC5CCCC5)c4)cc3C2=O)CC1. The van der Waals surface area contributed by atoms with Crippen LogP contribution in [-0.4, -0.2) is 44.1 Å². The second-order valence-corrected chi connectivity index (χ2v) is 9.88. The molecule has 174 valence electrons. The minimum atomic E-state index is -0.685. The quantitative estimate of drug-likeness (QED) is 0.608. The van der Waals surface area contributed by atoms with E-state index in [1.165, 1.54) is 25.7 Å². The Kier molecular flexibility index (Phi) is 5.01. The molecule has 3 aromatic rings. The number of hydrogen-bond donors (Lipinski definition) is 1. The number of amides is 2. The van der Waals surface area contributed by atoms with E-state index >= 15 is 0 Å². The van der Waals surface area contributed by atoms with Crippen molar-refractivity contribution < 1.29 is 9.59 Å². The Morgan fingerprint density at radius 2 is 1.97 bits per heavy atom. The molecule has 1 aliphatic heterocycles. The second kappa shape index (κ2) is 8.08. The van der Waals surface area contributed by atoms with Crippen molar-refractivity contribution in [2.75, 3.05) is 7.05 Å². The van der Waals surface area contributed by atoms with Crippen LogP contribution in [0.15, 0.2) is 48.9 Å². The van der Waals surface area contributed by atoms with Gasteiger partial charge in [0.05, 0.1) is 11.9 Å². The number of rotatable bonds is 6. The smallest absolute Gasteiger partial charge is 0.255 e. The van der Waals surface area contributed by atoms with Crippen LogP contribution < -0.4 is 5.32 Å². The first-order chi connectivity index (χ1) is 16.6. The first-order valence-corrected chi connectivity index (χ1v) is 12.2. The van der Waals surface area contributed by atoms with E-state index in [4.69, 9.17) is 0 Å². The maximum absolute atomic E-state index is 13.3. The second-order valence-electron chi connectivity index (χ2n) is 9.88. The van der Waals surface area contributed by atoms with Gasteiger partial charge < -0.3 is 10.2 Å². The fourth-order valence-corrected chi connectivity index (χ4v) is 5.69. The Morgan fingerprint density at radius 3 is 2.74 bits per heavy atom. The van der Waals surface area contributed by atoms with Crippen LogP contribution in [0.2, 0.25) is 0 Å². The Morgan fingerprint density at radius 1 is 1.15 bits per heavy atom. The summed E-state index contributed by atoms with van der Waals surface area (Å²) in [6.07, 6.45) is 12.5. The van der Waals surface area contributed by atoms with Gasteiger partial charge in [-0.1, -0.05) is 31.0 Å². The molecule has 2 amide bonds. The summed E-state index contributed by atoms with van der Waals surface area (Å²) in [5.41, 5.74) is 4.72. The van der Waals surface area contributed by atoms with Crippen LogP contribution in [0.3, 0.4) is 0 Å². The van der Waals surface area contributed by atoms with Crippen LogP contribution in [0.25, 0.3) is 22.4 Å². The molecule has 1 aromatic carbocycles. The maximum atomic E-state index is 13.3. The summed E-state index contributed by atoms with van der Waals surface area (Å²) in [6, 6.07) is 9.97. The van der Waals surface area contributed by atoms with Gasteiger partial charge in [0, 0.05) is 54.8 Å². The van der Waals surface area contributed by atoms with Crippen molar-refractivity contribution in [2.24, 2.45) is 5.92 Å². The van der Waals surface area contributed by atoms with Gasteiger partial charge in [-0.15, -0.1) is 0 Å². The standard InChI is InChI=1S/C27H29N5O2/c1-28-26(34)27(10-11-27)32-17-20-9-8-19(13-23(20)25(32)33)24-22(7-4-12-29-24)21-14-30-31(16-21)15-18-5-2-3-6-18/h4,7-9,12-14,16,18H,2-3,5-6,10-11,15,17H2,1H3,(H,28,34). The third-order valence-electron chi connectivity index (χ3n) is 7.75. The van der Waals surface area contributed by atoms with Gasteiger partial charge in [-0.3, -0.25) is 19.3 Å². The number of aromatic nitrogens is 3. The lowest BCUT2D eigenvalue weighted by Crippen LogP contribution is -2.48. The molecule has 2 aromatic heterocycles. The Bertz CT molecular complexity index is 1270. The molecule has 0 unspecified atom stereocenters. The van der Waals surface area contributed by atoms with E-state index in [1.807, 2.05) is 30.5 Å². The summed E-state index contributed by atoms with van der Waals surface area (Å²) >= 11 is 0. The molecule has 0 spiro atoms. The van der Waals surface area contributed by atoms with E-state index in [9.17, 15) is 9.59 Å². The van der Waals surface area contributed by atoms with Gasteiger partial charge in [-0.05, 0) is 49.3 Å². The summed E-state index contributed by atoms with van der Waals surface area (Å²) in [7, 11) is 1.63. The average Bonchev–Trinajstić information content (AvgIpc) is 3.17. The number of nitrogens with one attached hydrogen (secondary N) is 1. The Balaban J connectivity index is 1.30. The molecule has 0 saturated heterocycles. The molecular formula is C27H29N5O2. The monoisotopic (exact) mass is 455 g/mol. The fraction of sp³-hybridized carbons (Fsp3) is 0.407. The number of hydrogen-bond acceptors (Lipinski definition) is 4. The molecule has 3 aliphatic rings. The molecule has 3 heterocycles. The number of pyridine rings is 1. The third-order valence-corrected chi connectivity index (χ3v) is 7.75. The summed E-state index contributed by atoms with van der Waals surface area (Å²) in [5.74, 6) is 0.576. The molecular weight excluding hydrogens is 426 g/mol. The third kappa shape index (κ3) is 3.42. The molecule has 34 heavy (non-hydrogen) atoms. The van der Waals surface area contributed by atoms with Crippen LogP contribution in [0.5, 0.6) is 0 Å². The predicted octanol–water partition coefficient (Wildman–Crippen LogP) is 4.04. The topological polar surface area (TPSA) is 80.1 Å². The molecule has 1 N–H and O–H groups in total. The van der Waals surface area contributed by atoms with Crippen molar-refractivity contribution >= 4 is 11.8 Å². The van der Waals surface area contributed by atoms with Crippen LogP contribution in [-0.2, 0) is 17.9 Å². The van der Waals surface area contributed by atoms with Crippen LogP contribution in [0, 0.1) is 5.92 Å². The molecule has 7 heteroatoms. The van der Waals surface area contributed by atoms with Crippen molar-refractivity contribution in [3.63, 3.8) is 0 Å². The molecule has 2 fully saturated rings. The molecule has 2 aliphatic carbocycles. The van der Waals surface area contributed by atoms with Crippen molar-refractivity contribution in [3.05, 3.63) is 60.0 Å². The van der Waals surface area contributed by atoms with E-state index in [1.54, 1.807) is 18.1 Å². The zero-order chi connectivity index (χ0) is 23.3. The number of carbonyl (C=O) groups is 2. The summed E-state index contributed by atoms with van der Waals surface area (Å²) < 4.78 is 2.06. The summed E-state index contributed by atoms with van der Waals surface area (Å²) in [4.78, 5) is 32.2. The van der Waals surface area contributed by atoms with Gasteiger partial charge in [-0.2, -0.15) is 5.10 Å². The van der Waals surface area contributed by atoms with E-state index in [2.05, 4.69) is 32.3 Å². The maximum Gasteiger partial charge on any atom is 0.255 e. The van der Waals surface area contributed by atoms with Crippen molar-refractivity contribution in [1.82, 2.24) is 25.0 Å². The molecule has 7 nitrogen and oxygen atoms in total. The van der Waals surface area contributed by atoms with Crippen molar-refractivity contribution in [3.8, 4) is 22.4 Å². The lowest BCUT2D eigenvalue weighted by Gasteiger charge is -2.25. The Labute approximate surface area is 199 Å². The molecule has 6 rings (SSSR count). The lowest BCUT2D eigenvalue weighted by atomic mass is 9.98. The average molecular weight is 456 g/mol. The van der Waals surface area contributed by atoms with Crippen molar-refractivity contribution in [2.45, 2.75) is 57.2 Å². The van der Waals surface area contributed by atoms with E-state index in [0.717, 1.165) is 40.4 Å². The zero-order valence-electron chi connectivity index (χ0n) is 19.5. The van der Waals surface area contributed by atoms with E-state index < -0.39 is 5.54 Å². The highest BCUT2D eigenvalue weighted by Crippen LogP contribution is 2.46. The first-order valence-electron chi connectivity index (χ1n) is 12.2. The highest BCUT2D eigenvalue weighted by Gasteiger charge is 2.57. The van der Waals surface area contributed by atoms with Gasteiger partial charge in [0.15, 0.2) is 0 Å². The Hall–Kier alpha value is -3.48. The zero-order valence-corrected chi connectivity index (χ0v) is 19.5. The molecule has 0 bridgehead atoms. The predicted molar refractivity (Wildman–Crippen MR) is 129 cm³/mol. The number of benzene rings is 1. The normalized spacial score (nSPS) is 18.9. The van der Waals surface area contributed by atoms with Crippen LogP contribution >= 0.6 is 0 Å². The largest absolute Gasteiger partial charge is 0.357 e. The van der Waals surface area contributed by atoms with E-state index in [-0.39, 0.29) is 11.8 Å². The van der Waals surface area contributed by atoms with Gasteiger partial charge in [-0.25, -0.2) is 0 Å². The number of carbonyl (C=O) groups excluding carboxylic acids is 2. The molecule has 2 saturated carbocycles. The van der Waals surface area contributed by atoms with Gasteiger partial charge in [0.1, 0.15) is 5.54 Å². The minimum absolute atomic E-state index is 0.0696. The highest BCUT2D eigenvalue weighted by atomic mass is 16.2. The van der Waals surface area contributed by atoms with Crippen molar-refractivity contribution in [1.29, 1.82) is 0 Å².